The fraction of sp³-hybridized carbons (Fsp3) is 0.0556. The molecule has 0 aliphatic rings. The smallest absolute Gasteiger partial charge is 0.266 e. The molecule has 0 atom stereocenters. The molecule has 0 unspecified atom stereocenters. The lowest BCUT2D eigenvalue weighted by atomic mass is 10.3. The van der Waals surface area contributed by atoms with Gasteiger partial charge in [-0.1, -0.05) is 0 Å². The first-order valence-electron chi connectivity index (χ1n) is 7.90. The normalized spacial score (nSPS) is 12.6. The van der Waals surface area contributed by atoms with Crippen LogP contribution in [0.15, 0.2) is 52.4 Å². The first kappa shape index (κ1) is 16.9. The lowest BCUT2D eigenvalue weighted by Crippen LogP contribution is -2.20. The number of rotatable bonds is 4. The average Bonchev–Trinajstić information content (AvgIpc) is 3.38. The van der Waals surface area contributed by atoms with E-state index in [4.69, 9.17) is 4.42 Å². The zero-order chi connectivity index (χ0) is 18.8. The van der Waals surface area contributed by atoms with Crippen LogP contribution in [0.3, 0.4) is 0 Å². The van der Waals surface area contributed by atoms with Gasteiger partial charge < -0.3 is 9.40 Å². The molecule has 0 aromatic carbocycles. The third-order valence-electron chi connectivity index (χ3n) is 3.64. The number of aromatic amines is 1. The number of aromatic nitrogens is 5. The Morgan fingerprint density at radius 2 is 2.11 bits per heavy atom. The van der Waals surface area contributed by atoms with E-state index in [-0.39, 0.29) is 17.1 Å². The van der Waals surface area contributed by atoms with Gasteiger partial charge in [0.15, 0.2) is 11.6 Å². The Hall–Kier alpha value is -3.59. The van der Waals surface area contributed by atoms with Crippen molar-refractivity contribution in [3.63, 3.8) is 0 Å². The van der Waals surface area contributed by atoms with Gasteiger partial charge in [0.05, 0.1) is 27.2 Å². The molecular weight excluding hydrogens is 366 g/mol. The summed E-state index contributed by atoms with van der Waals surface area (Å²) >= 11 is 1.17. The van der Waals surface area contributed by atoms with Crippen molar-refractivity contribution >= 4 is 29.3 Å². The van der Waals surface area contributed by atoms with Crippen molar-refractivity contribution in [2.45, 2.75) is 0 Å². The molecule has 0 spiro atoms. The van der Waals surface area contributed by atoms with Crippen molar-refractivity contribution in [2.75, 3.05) is 0 Å². The van der Waals surface area contributed by atoms with E-state index >= 15 is 0 Å². The third-order valence-corrected chi connectivity index (χ3v) is 4.60. The summed E-state index contributed by atoms with van der Waals surface area (Å²) in [5.41, 5.74) is 1.21. The van der Waals surface area contributed by atoms with Crippen LogP contribution in [-0.4, -0.2) is 30.5 Å². The van der Waals surface area contributed by atoms with Gasteiger partial charge in [-0.2, -0.15) is 5.10 Å². The Labute approximate surface area is 156 Å². The zero-order valence-corrected chi connectivity index (χ0v) is 14.9. The van der Waals surface area contributed by atoms with Crippen LogP contribution in [-0.2, 0) is 7.05 Å². The Bertz CT molecular complexity index is 1260. The van der Waals surface area contributed by atoms with Crippen LogP contribution in [0.4, 0.5) is 0 Å². The van der Waals surface area contributed by atoms with Crippen LogP contribution in [0, 0.1) is 0 Å². The second-order valence-corrected chi connectivity index (χ2v) is 6.74. The van der Waals surface area contributed by atoms with Crippen molar-refractivity contribution in [1.29, 1.82) is 0 Å². The summed E-state index contributed by atoms with van der Waals surface area (Å²) in [6.45, 7) is 0. The van der Waals surface area contributed by atoms with Crippen molar-refractivity contribution in [2.24, 2.45) is 7.05 Å². The maximum absolute atomic E-state index is 12.1. The highest BCUT2D eigenvalue weighted by Gasteiger charge is 2.06. The monoisotopic (exact) mass is 379 g/mol. The Morgan fingerprint density at radius 3 is 2.78 bits per heavy atom. The summed E-state index contributed by atoms with van der Waals surface area (Å²) in [5, 5.41) is 4.09. The van der Waals surface area contributed by atoms with Gasteiger partial charge >= 0.3 is 0 Å². The van der Waals surface area contributed by atoms with Gasteiger partial charge in [-0.05, 0) is 18.2 Å². The summed E-state index contributed by atoms with van der Waals surface area (Å²) in [6.07, 6.45) is 11.2. The van der Waals surface area contributed by atoms with Gasteiger partial charge in [0, 0.05) is 37.3 Å². The minimum Gasteiger partial charge on any atom is -0.461 e. The first-order valence-corrected chi connectivity index (χ1v) is 8.71. The summed E-state index contributed by atoms with van der Waals surface area (Å²) in [5.74, 6) is 0.459. The minimum atomic E-state index is -0.312. The van der Waals surface area contributed by atoms with Crippen LogP contribution in [0.2, 0.25) is 0 Å². The fourth-order valence-corrected chi connectivity index (χ4v) is 3.27. The molecule has 0 saturated heterocycles. The predicted octanol–water partition coefficient (Wildman–Crippen LogP) is 0.712. The Kier molecular flexibility index (Phi) is 4.35. The molecule has 4 aromatic heterocycles. The van der Waals surface area contributed by atoms with Crippen molar-refractivity contribution in [3.05, 3.63) is 74.1 Å². The number of Topliss-reactive ketones (excluding diaryl/α,β-unsaturated/α-hetero) is 1. The number of hydrogen-bond donors (Lipinski definition) is 1. The standard InChI is InChI=1S/C18H13N5O3S/c1-23-10-12(9-21-23)17-19-7-11(8-20-17)5-15-18(25)22-16(27-15)6-13(24)14-3-2-4-26-14/h2-10H,1H3,(H,22,25)/b15-5+,16-6-. The molecule has 0 radical (unpaired) electrons. The molecule has 1 N–H and O–H groups in total. The highest BCUT2D eigenvalue weighted by Crippen LogP contribution is 2.12. The number of carbonyl (C=O) groups is 1. The first-order chi connectivity index (χ1) is 13.1. The lowest BCUT2D eigenvalue weighted by Gasteiger charge is -1.95. The number of furan rings is 1. The van der Waals surface area contributed by atoms with Gasteiger partial charge in [-0.3, -0.25) is 14.3 Å². The zero-order valence-electron chi connectivity index (χ0n) is 14.1. The molecule has 0 fully saturated rings. The van der Waals surface area contributed by atoms with Gasteiger partial charge in [0.2, 0.25) is 5.78 Å². The number of hydrogen-bond acceptors (Lipinski definition) is 7. The maximum Gasteiger partial charge on any atom is 0.266 e. The number of thiazole rings is 1. The van der Waals surface area contributed by atoms with Crippen LogP contribution < -0.4 is 14.8 Å². The second kappa shape index (κ2) is 6.96. The van der Waals surface area contributed by atoms with Gasteiger partial charge in [0.25, 0.3) is 5.56 Å². The minimum absolute atomic E-state index is 0.217. The highest BCUT2D eigenvalue weighted by atomic mass is 32.1. The van der Waals surface area contributed by atoms with Crippen LogP contribution in [0.25, 0.3) is 23.5 Å². The molecule has 27 heavy (non-hydrogen) atoms. The number of ketones is 1. The highest BCUT2D eigenvalue weighted by molar-refractivity contribution is 7.07. The van der Waals surface area contributed by atoms with Crippen molar-refractivity contribution in [3.8, 4) is 11.4 Å². The van der Waals surface area contributed by atoms with Crippen molar-refractivity contribution in [1.82, 2.24) is 24.7 Å². The molecule has 8 nitrogen and oxygen atoms in total. The van der Waals surface area contributed by atoms with Crippen molar-refractivity contribution < 1.29 is 9.21 Å². The molecular formula is C18H13N5O3S. The lowest BCUT2D eigenvalue weighted by molar-refractivity contribution is 0.103. The summed E-state index contributed by atoms with van der Waals surface area (Å²) < 4.78 is 7.62. The molecule has 0 amide bonds. The van der Waals surface area contributed by atoms with Gasteiger partial charge in [-0.15, -0.1) is 11.3 Å². The van der Waals surface area contributed by atoms with E-state index in [1.165, 1.54) is 23.7 Å². The van der Waals surface area contributed by atoms with E-state index < -0.39 is 0 Å². The Morgan fingerprint density at radius 1 is 1.30 bits per heavy atom. The molecule has 4 heterocycles. The number of aryl methyl sites for hydroxylation is 1. The summed E-state index contributed by atoms with van der Waals surface area (Å²) in [6, 6.07) is 3.20. The molecule has 0 bridgehead atoms. The van der Waals surface area contributed by atoms with Crippen LogP contribution in [0.5, 0.6) is 0 Å². The molecule has 0 saturated carbocycles. The second-order valence-electron chi connectivity index (χ2n) is 5.66. The van der Waals surface area contributed by atoms with Gasteiger partial charge in [-0.25, -0.2) is 9.97 Å². The topological polar surface area (TPSA) is 107 Å². The number of carbonyl (C=O) groups excluding carboxylic acids is 1. The Balaban J connectivity index is 1.64. The third kappa shape index (κ3) is 3.67. The number of H-pyrrole nitrogens is 1. The SMILES string of the molecule is Cn1cc(-c2ncc(/C=c3/s/c(=C\C(=O)c4ccco4)[nH]c3=O)cn2)cn1. The summed E-state index contributed by atoms with van der Waals surface area (Å²) in [4.78, 5) is 35.4. The molecule has 134 valence electrons. The quantitative estimate of drug-likeness (QED) is 0.524. The van der Waals surface area contributed by atoms with Gasteiger partial charge in [0.1, 0.15) is 0 Å². The van der Waals surface area contributed by atoms with E-state index in [2.05, 4.69) is 20.1 Å². The van der Waals surface area contributed by atoms with Crippen LogP contribution >= 0.6 is 11.3 Å². The maximum atomic E-state index is 12.1. The van der Waals surface area contributed by atoms with E-state index in [0.29, 0.717) is 20.6 Å². The predicted molar refractivity (Wildman–Crippen MR) is 99.5 cm³/mol. The number of nitrogens with zero attached hydrogens (tertiary/aromatic N) is 4. The van der Waals surface area contributed by atoms with E-state index in [1.807, 2.05) is 13.2 Å². The molecule has 4 rings (SSSR count). The molecule has 9 heteroatoms. The molecule has 4 aromatic rings. The fourth-order valence-electron chi connectivity index (χ4n) is 2.38. The average molecular weight is 379 g/mol. The van der Waals surface area contributed by atoms with Crippen LogP contribution in [0.1, 0.15) is 16.1 Å². The van der Waals surface area contributed by atoms with E-state index in [0.717, 1.165) is 5.56 Å². The van der Waals surface area contributed by atoms with E-state index in [9.17, 15) is 9.59 Å². The molecule has 0 aliphatic heterocycles. The largest absolute Gasteiger partial charge is 0.461 e. The summed E-state index contributed by atoms with van der Waals surface area (Å²) in [7, 11) is 1.82. The number of nitrogens with one attached hydrogen (secondary N) is 1. The van der Waals surface area contributed by atoms with E-state index in [1.54, 1.807) is 41.5 Å². The molecule has 0 aliphatic carbocycles.